The molecule has 1 aliphatic carbocycles. The van der Waals surface area contributed by atoms with Crippen molar-refractivity contribution in [3.8, 4) is 0 Å². The quantitative estimate of drug-likeness (QED) is 0.807. The molecular formula is C13H20N6O. The van der Waals surface area contributed by atoms with E-state index in [1.165, 1.54) is 25.7 Å². The molecule has 1 aliphatic heterocycles. The molecule has 0 unspecified atom stereocenters. The molecule has 2 fully saturated rings. The molecule has 1 amide bonds. The lowest BCUT2D eigenvalue weighted by Crippen LogP contribution is -2.46. The van der Waals surface area contributed by atoms with E-state index in [2.05, 4.69) is 25.4 Å². The average Bonchev–Trinajstić information content (AvgIpc) is 3.01. The molecule has 1 N–H and O–H groups in total. The molecule has 2 heterocycles. The first kappa shape index (κ1) is 13.1. The lowest BCUT2D eigenvalue weighted by atomic mass is 10.2. The molecule has 1 saturated carbocycles. The molecule has 0 spiro atoms. The lowest BCUT2D eigenvalue weighted by molar-refractivity contribution is -0.118. The molecule has 1 aromatic rings. The first-order valence-corrected chi connectivity index (χ1v) is 7.26. The SMILES string of the molecule is O=CN1CCN(c2nncc(NC3CCCC3)n2)CC1. The number of hydrogen-bond donors (Lipinski definition) is 1. The Morgan fingerprint density at radius 2 is 1.95 bits per heavy atom. The van der Waals surface area contributed by atoms with Crippen LogP contribution in [0.4, 0.5) is 11.8 Å². The standard InChI is InChI=1S/C13H20N6O/c20-10-18-5-7-19(8-6-18)13-16-12(9-14-17-13)15-11-3-1-2-4-11/h9-11H,1-8H2,(H,15,16,17). The first-order chi connectivity index (χ1) is 9.85. The summed E-state index contributed by atoms with van der Waals surface area (Å²) < 4.78 is 0. The molecule has 0 bridgehead atoms. The molecule has 2 aliphatic rings. The van der Waals surface area contributed by atoms with Crippen molar-refractivity contribution < 1.29 is 4.79 Å². The second kappa shape index (κ2) is 6.02. The van der Waals surface area contributed by atoms with E-state index in [9.17, 15) is 4.79 Å². The summed E-state index contributed by atoms with van der Waals surface area (Å²) in [6.07, 6.45) is 7.57. The maximum absolute atomic E-state index is 10.7. The number of nitrogens with zero attached hydrogens (tertiary/aromatic N) is 5. The van der Waals surface area contributed by atoms with Gasteiger partial charge in [-0.25, -0.2) is 0 Å². The highest BCUT2D eigenvalue weighted by atomic mass is 16.1. The number of aromatic nitrogens is 3. The van der Waals surface area contributed by atoms with Crippen LogP contribution in [0.1, 0.15) is 25.7 Å². The Hall–Kier alpha value is -1.92. The van der Waals surface area contributed by atoms with E-state index in [4.69, 9.17) is 0 Å². The van der Waals surface area contributed by atoms with Crippen LogP contribution in [0.15, 0.2) is 6.20 Å². The van der Waals surface area contributed by atoms with Crippen molar-refractivity contribution in [1.29, 1.82) is 0 Å². The second-order valence-corrected chi connectivity index (χ2v) is 5.40. The molecule has 108 valence electrons. The number of nitrogens with one attached hydrogen (secondary N) is 1. The summed E-state index contributed by atoms with van der Waals surface area (Å²) in [7, 11) is 0. The van der Waals surface area contributed by atoms with Crippen LogP contribution in [-0.2, 0) is 4.79 Å². The third-order valence-corrected chi connectivity index (χ3v) is 4.00. The minimum atomic E-state index is 0.520. The summed E-state index contributed by atoms with van der Waals surface area (Å²) in [6, 6.07) is 0.520. The van der Waals surface area contributed by atoms with E-state index in [-0.39, 0.29) is 0 Å². The Kier molecular flexibility index (Phi) is 3.94. The topological polar surface area (TPSA) is 74.2 Å². The third kappa shape index (κ3) is 2.97. The summed E-state index contributed by atoms with van der Waals surface area (Å²) in [5.41, 5.74) is 0. The summed E-state index contributed by atoms with van der Waals surface area (Å²) in [6.45, 7) is 2.95. The van der Waals surface area contributed by atoms with Crippen LogP contribution in [0.2, 0.25) is 0 Å². The average molecular weight is 276 g/mol. The van der Waals surface area contributed by atoms with Gasteiger partial charge in [0.1, 0.15) is 0 Å². The van der Waals surface area contributed by atoms with Gasteiger partial charge in [-0.1, -0.05) is 12.8 Å². The molecule has 0 aromatic carbocycles. The van der Waals surface area contributed by atoms with Crippen molar-refractivity contribution in [2.24, 2.45) is 0 Å². The van der Waals surface area contributed by atoms with Gasteiger partial charge in [0.25, 0.3) is 0 Å². The van der Waals surface area contributed by atoms with Crippen LogP contribution >= 0.6 is 0 Å². The van der Waals surface area contributed by atoms with Crippen molar-refractivity contribution in [2.75, 3.05) is 36.4 Å². The van der Waals surface area contributed by atoms with Crippen LogP contribution in [0.3, 0.4) is 0 Å². The smallest absolute Gasteiger partial charge is 0.247 e. The molecule has 1 aromatic heterocycles. The Labute approximate surface area is 118 Å². The number of carbonyl (C=O) groups excluding carboxylic acids is 1. The van der Waals surface area contributed by atoms with Crippen LogP contribution < -0.4 is 10.2 Å². The predicted octanol–water partition coefficient (Wildman–Crippen LogP) is 0.504. The molecule has 20 heavy (non-hydrogen) atoms. The number of rotatable bonds is 4. The Morgan fingerprint density at radius 3 is 2.65 bits per heavy atom. The minimum Gasteiger partial charge on any atom is -0.366 e. The number of anilines is 2. The highest BCUT2D eigenvalue weighted by Gasteiger charge is 2.19. The third-order valence-electron chi connectivity index (χ3n) is 4.00. The maximum atomic E-state index is 10.7. The Morgan fingerprint density at radius 1 is 1.20 bits per heavy atom. The predicted molar refractivity (Wildman–Crippen MR) is 75.6 cm³/mol. The van der Waals surface area contributed by atoms with Gasteiger partial charge in [0.05, 0.1) is 6.20 Å². The van der Waals surface area contributed by atoms with Gasteiger partial charge >= 0.3 is 0 Å². The van der Waals surface area contributed by atoms with Gasteiger partial charge in [-0.05, 0) is 12.8 Å². The highest BCUT2D eigenvalue weighted by Crippen LogP contribution is 2.21. The molecule has 1 saturated heterocycles. The van der Waals surface area contributed by atoms with Crippen molar-refractivity contribution in [2.45, 2.75) is 31.7 Å². The zero-order chi connectivity index (χ0) is 13.8. The summed E-state index contributed by atoms with van der Waals surface area (Å²) in [4.78, 5) is 19.1. The van der Waals surface area contributed by atoms with Gasteiger partial charge < -0.3 is 15.1 Å². The summed E-state index contributed by atoms with van der Waals surface area (Å²) in [5, 5.41) is 11.6. The van der Waals surface area contributed by atoms with Crippen molar-refractivity contribution in [1.82, 2.24) is 20.1 Å². The van der Waals surface area contributed by atoms with Gasteiger partial charge in [0.2, 0.25) is 12.4 Å². The van der Waals surface area contributed by atoms with E-state index in [0.29, 0.717) is 25.1 Å². The highest BCUT2D eigenvalue weighted by molar-refractivity contribution is 5.48. The van der Waals surface area contributed by atoms with Gasteiger partial charge in [-0.15, -0.1) is 5.10 Å². The van der Waals surface area contributed by atoms with Crippen molar-refractivity contribution >= 4 is 18.2 Å². The number of carbonyl (C=O) groups is 1. The molecule has 0 atom stereocenters. The Bertz CT molecular complexity index is 454. The van der Waals surface area contributed by atoms with E-state index >= 15 is 0 Å². The Balaban J connectivity index is 1.63. The zero-order valence-corrected chi connectivity index (χ0v) is 11.5. The minimum absolute atomic E-state index is 0.520. The largest absolute Gasteiger partial charge is 0.366 e. The number of hydrogen-bond acceptors (Lipinski definition) is 6. The van der Waals surface area contributed by atoms with Crippen molar-refractivity contribution in [3.63, 3.8) is 0 Å². The normalized spacial score (nSPS) is 20.2. The molecule has 0 radical (unpaired) electrons. The number of piperazine rings is 1. The lowest BCUT2D eigenvalue weighted by Gasteiger charge is -2.32. The first-order valence-electron chi connectivity index (χ1n) is 7.26. The molecule has 3 rings (SSSR count). The summed E-state index contributed by atoms with van der Waals surface area (Å²) >= 11 is 0. The van der Waals surface area contributed by atoms with Gasteiger partial charge in [0.15, 0.2) is 5.82 Å². The van der Waals surface area contributed by atoms with E-state index in [1.54, 1.807) is 11.1 Å². The van der Waals surface area contributed by atoms with E-state index < -0.39 is 0 Å². The molecule has 7 heteroatoms. The van der Waals surface area contributed by atoms with Crippen molar-refractivity contribution in [3.05, 3.63) is 6.20 Å². The zero-order valence-electron chi connectivity index (χ0n) is 11.5. The monoisotopic (exact) mass is 276 g/mol. The maximum Gasteiger partial charge on any atom is 0.247 e. The molecular weight excluding hydrogens is 256 g/mol. The van der Waals surface area contributed by atoms with Crippen LogP contribution in [0, 0.1) is 0 Å². The fourth-order valence-corrected chi connectivity index (χ4v) is 2.80. The van der Waals surface area contributed by atoms with Crippen LogP contribution in [-0.4, -0.2) is 58.7 Å². The van der Waals surface area contributed by atoms with Gasteiger partial charge in [-0.2, -0.15) is 10.1 Å². The van der Waals surface area contributed by atoms with Gasteiger partial charge in [-0.3, -0.25) is 4.79 Å². The second-order valence-electron chi connectivity index (χ2n) is 5.40. The summed E-state index contributed by atoms with van der Waals surface area (Å²) in [5.74, 6) is 1.46. The van der Waals surface area contributed by atoms with Crippen LogP contribution in [0.5, 0.6) is 0 Å². The van der Waals surface area contributed by atoms with E-state index in [1.807, 2.05) is 0 Å². The van der Waals surface area contributed by atoms with Crippen LogP contribution in [0.25, 0.3) is 0 Å². The fraction of sp³-hybridized carbons (Fsp3) is 0.692. The molecule has 7 nitrogen and oxygen atoms in total. The van der Waals surface area contributed by atoms with E-state index in [0.717, 1.165) is 25.3 Å². The van der Waals surface area contributed by atoms with Gasteiger partial charge in [0, 0.05) is 32.2 Å². The fourth-order valence-electron chi connectivity index (χ4n) is 2.80. The number of amides is 1.